The van der Waals surface area contributed by atoms with E-state index < -0.39 is 15.1 Å². The van der Waals surface area contributed by atoms with Gasteiger partial charge in [-0.3, -0.25) is 9.69 Å². The van der Waals surface area contributed by atoms with Gasteiger partial charge in [0.2, 0.25) is 0 Å². The van der Waals surface area contributed by atoms with E-state index in [-0.39, 0.29) is 16.6 Å². The third kappa shape index (κ3) is 5.37. The van der Waals surface area contributed by atoms with Crippen molar-refractivity contribution in [2.24, 2.45) is 0 Å². The topological polar surface area (TPSA) is 69.7 Å². The first-order valence-electron chi connectivity index (χ1n) is 10.1. The second kappa shape index (κ2) is 9.57. The number of amides is 1. The molecule has 1 saturated heterocycles. The summed E-state index contributed by atoms with van der Waals surface area (Å²) in [7, 11) is -3.34. The fraction of sp³-hybridized carbons (Fsp3) is 0.409. The summed E-state index contributed by atoms with van der Waals surface area (Å²) in [5.74, 6) is -0.447. The Morgan fingerprint density at radius 3 is 2.17 bits per heavy atom. The molecule has 3 rings (SSSR count). The molecule has 0 aromatic heterocycles. The van der Waals surface area contributed by atoms with Crippen LogP contribution in [0.3, 0.4) is 0 Å². The molecule has 1 aliphatic rings. The standard InChI is InChI=1S/C22H28FN3O3S/c1-17(2)30(28,29)21-9-3-18(4-10-21)22(27)24-11-12-25-13-15-26(16-14-25)20-7-5-19(23)6-8-20/h3-10,17H,11-16H2,1-2H3,(H,24,27). The molecule has 1 amide bonds. The first-order chi connectivity index (χ1) is 14.3. The molecular weight excluding hydrogens is 405 g/mol. The number of hydrogen-bond acceptors (Lipinski definition) is 5. The van der Waals surface area contributed by atoms with Crippen LogP contribution in [0.15, 0.2) is 53.4 Å². The molecule has 0 radical (unpaired) electrons. The van der Waals surface area contributed by atoms with Gasteiger partial charge in [0.1, 0.15) is 5.82 Å². The average molecular weight is 434 g/mol. The number of hydrogen-bond donors (Lipinski definition) is 1. The Labute approximate surface area is 177 Å². The molecule has 0 unspecified atom stereocenters. The van der Waals surface area contributed by atoms with Crippen molar-refractivity contribution in [2.75, 3.05) is 44.2 Å². The minimum atomic E-state index is -3.34. The van der Waals surface area contributed by atoms with Gasteiger partial charge in [-0.2, -0.15) is 0 Å². The van der Waals surface area contributed by atoms with E-state index in [0.717, 1.165) is 38.4 Å². The van der Waals surface area contributed by atoms with Crippen LogP contribution in [0.1, 0.15) is 24.2 Å². The van der Waals surface area contributed by atoms with Gasteiger partial charge in [-0.25, -0.2) is 12.8 Å². The number of piperazine rings is 1. The Morgan fingerprint density at radius 2 is 1.60 bits per heavy atom. The molecule has 1 aliphatic heterocycles. The smallest absolute Gasteiger partial charge is 0.251 e. The van der Waals surface area contributed by atoms with Gasteiger partial charge in [0, 0.05) is 50.5 Å². The molecule has 2 aromatic rings. The van der Waals surface area contributed by atoms with Crippen LogP contribution < -0.4 is 10.2 Å². The predicted molar refractivity (Wildman–Crippen MR) is 116 cm³/mol. The lowest BCUT2D eigenvalue weighted by atomic mass is 10.2. The second-order valence-electron chi connectivity index (χ2n) is 7.68. The highest BCUT2D eigenvalue weighted by Crippen LogP contribution is 2.17. The van der Waals surface area contributed by atoms with Gasteiger partial charge in [-0.1, -0.05) is 0 Å². The van der Waals surface area contributed by atoms with Crippen molar-refractivity contribution in [3.8, 4) is 0 Å². The maximum Gasteiger partial charge on any atom is 0.251 e. The van der Waals surface area contributed by atoms with Crippen molar-refractivity contribution in [1.82, 2.24) is 10.2 Å². The molecular formula is C22H28FN3O3S. The normalized spacial score (nSPS) is 15.4. The van der Waals surface area contributed by atoms with Crippen LogP contribution in [0.5, 0.6) is 0 Å². The maximum absolute atomic E-state index is 13.1. The molecule has 30 heavy (non-hydrogen) atoms. The summed E-state index contributed by atoms with van der Waals surface area (Å²) in [5, 5.41) is 2.39. The van der Waals surface area contributed by atoms with E-state index in [2.05, 4.69) is 15.1 Å². The van der Waals surface area contributed by atoms with Crippen molar-refractivity contribution in [3.05, 3.63) is 59.9 Å². The van der Waals surface area contributed by atoms with Crippen molar-refractivity contribution in [1.29, 1.82) is 0 Å². The summed E-state index contributed by atoms with van der Waals surface area (Å²) < 4.78 is 37.4. The maximum atomic E-state index is 13.1. The lowest BCUT2D eigenvalue weighted by Gasteiger charge is -2.36. The molecule has 1 N–H and O–H groups in total. The largest absolute Gasteiger partial charge is 0.369 e. The zero-order chi connectivity index (χ0) is 21.7. The van der Waals surface area contributed by atoms with Crippen molar-refractivity contribution < 1.29 is 17.6 Å². The quantitative estimate of drug-likeness (QED) is 0.727. The molecule has 2 aromatic carbocycles. The summed E-state index contributed by atoms with van der Waals surface area (Å²) in [6.07, 6.45) is 0. The number of halogens is 1. The van der Waals surface area contributed by atoms with Crippen LogP contribution in [-0.2, 0) is 9.84 Å². The molecule has 0 saturated carbocycles. The highest BCUT2D eigenvalue weighted by molar-refractivity contribution is 7.92. The van der Waals surface area contributed by atoms with E-state index in [0.29, 0.717) is 12.1 Å². The Morgan fingerprint density at radius 1 is 1.00 bits per heavy atom. The molecule has 162 valence electrons. The third-order valence-corrected chi connectivity index (χ3v) is 7.51. The van der Waals surface area contributed by atoms with Gasteiger partial charge >= 0.3 is 0 Å². The van der Waals surface area contributed by atoms with Crippen molar-refractivity contribution in [2.45, 2.75) is 24.0 Å². The molecule has 0 bridgehead atoms. The zero-order valence-corrected chi connectivity index (χ0v) is 18.2. The van der Waals surface area contributed by atoms with Crippen LogP contribution in [0.2, 0.25) is 0 Å². The van der Waals surface area contributed by atoms with Crippen LogP contribution in [0, 0.1) is 5.82 Å². The molecule has 0 atom stereocenters. The molecule has 6 nitrogen and oxygen atoms in total. The van der Waals surface area contributed by atoms with Gasteiger partial charge in [-0.05, 0) is 62.4 Å². The summed E-state index contributed by atoms with van der Waals surface area (Å²) in [4.78, 5) is 17.1. The molecule has 0 aliphatic carbocycles. The van der Waals surface area contributed by atoms with E-state index in [1.54, 1.807) is 38.1 Å². The first kappa shape index (κ1) is 22.2. The van der Waals surface area contributed by atoms with Crippen LogP contribution in [0.25, 0.3) is 0 Å². The molecule has 8 heteroatoms. The van der Waals surface area contributed by atoms with E-state index in [9.17, 15) is 17.6 Å². The average Bonchev–Trinajstić information content (AvgIpc) is 2.75. The number of sulfone groups is 1. The Bertz CT molecular complexity index is 952. The monoisotopic (exact) mass is 433 g/mol. The van der Waals surface area contributed by atoms with E-state index in [1.165, 1.54) is 24.3 Å². The van der Waals surface area contributed by atoms with Gasteiger partial charge in [0.25, 0.3) is 5.91 Å². The zero-order valence-electron chi connectivity index (χ0n) is 17.3. The number of carbonyl (C=O) groups excluding carboxylic acids is 1. The van der Waals surface area contributed by atoms with Crippen LogP contribution in [-0.4, -0.2) is 63.7 Å². The lowest BCUT2D eigenvalue weighted by Crippen LogP contribution is -2.48. The third-order valence-electron chi connectivity index (χ3n) is 5.34. The number of nitrogens with one attached hydrogen (secondary N) is 1. The summed E-state index contributed by atoms with van der Waals surface area (Å²) in [6, 6.07) is 12.6. The van der Waals surface area contributed by atoms with Gasteiger partial charge in [-0.15, -0.1) is 0 Å². The Hall–Kier alpha value is -2.45. The minimum absolute atomic E-state index is 0.214. The van der Waals surface area contributed by atoms with Gasteiger partial charge in [0.15, 0.2) is 9.84 Å². The van der Waals surface area contributed by atoms with Gasteiger partial charge in [0.05, 0.1) is 10.1 Å². The Kier molecular flexibility index (Phi) is 7.10. The summed E-state index contributed by atoms with van der Waals surface area (Å²) >= 11 is 0. The summed E-state index contributed by atoms with van der Waals surface area (Å²) in [6.45, 7) is 7.97. The fourth-order valence-corrected chi connectivity index (χ4v) is 4.44. The van der Waals surface area contributed by atoms with Crippen LogP contribution >= 0.6 is 0 Å². The Balaban J connectivity index is 1.43. The van der Waals surface area contributed by atoms with Crippen LogP contribution in [0.4, 0.5) is 10.1 Å². The van der Waals surface area contributed by atoms with Crippen molar-refractivity contribution in [3.63, 3.8) is 0 Å². The highest BCUT2D eigenvalue weighted by atomic mass is 32.2. The molecule has 0 spiro atoms. The first-order valence-corrected chi connectivity index (χ1v) is 11.7. The fourth-order valence-electron chi connectivity index (χ4n) is 3.38. The number of carbonyl (C=O) groups is 1. The lowest BCUT2D eigenvalue weighted by molar-refractivity contribution is 0.0947. The number of rotatable bonds is 7. The predicted octanol–water partition coefficient (Wildman–Crippen LogP) is 2.56. The van der Waals surface area contributed by atoms with E-state index in [4.69, 9.17) is 0 Å². The number of anilines is 1. The van der Waals surface area contributed by atoms with E-state index in [1.807, 2.05) is 0 Å². The van der Waals surface area contributed by atoms with E-state index >= 15 is 0 Å². The highest BCUT2D eigenvalue weighted by Gasteiger charge is 2.20. The SMILES string of the molecule is CC(C)S(=O)(=O)c1ccc(C(=O)NCCN2CCN(c3ccc(F)cc3)CC2)cc1. The number of benzene rings is 2. The second-order valence-corrected chi connectivity index (χ2v) is 10.2. The van der Waals surface area contributed by atoms with Gasteiger partial charge < -0.3 is 10.2 Å². The minimum Gasteiger partial charge on any atom is -0.369 e. The van der Waals surface area contributed by atoms with Crippen molar-refractivity contribution >= 4 is 21.4 Å². The molecule has 1 heterocycles. The molecule has 1 fully saturated rings. The summed E-state index contributed by atoms with van der Waals surface area (Å²) in [5.41, 5.74) is 1.46. The number of nitrogens with zero attached hydrogens (tertiary/aromatic N) is 2.